The van der Waals surface area contributed by atoms with E-state index in [4.69, 9.17) is 0 Å². The molecule has 3 atom stereocenters. The lowest BCUT2D eigenvalue weighted by atomic mass is 9.94. The summed E-state index contributed by atoms with van der Waals surface area (Å²) in [5.41, 5.74) is 0.0139. The number of sulfonamides is 1. The Kier molecular flexibility index (Phi) is 6.31. The van der Waals surface area contributed by atoms with Crippen molar-refractivity contribution in [3.8, 4) is 11.1 Å². The Bertz CT molecular complexity index is 1120. The fourth-order valence-corrected chi connectivity index (χ4v) is 5.49. The maximum Gasteiger partial charge on any atom is 0.226 e. The first-order chi connectivity index (χ1) is 15.2. The zero-order valence-electron chi connectivity index (χ0n) is 17.7. The molecule has 2 fully saturated rings. The van der Waals surface area contributed by atoms with Gasteiger partial charge in [0.15, 0.2) is 0 Å². The average Bonchev–Trinajstić information content (AvgIpc) is 3.51. The van der Waals surface area contributed by atoms with Crippen LogP contribution in [-0.4, -0.2) is 44.6 Å². The lowest BCUT2D eigenvalue weighted by Gasteiger charge is -2.21. The van der Waals surface area contributed by atoms with Crippen molar-refractivity contribution in [1.82, 2.24) is 9.62 Å². The number of carbonyl (C=O) groups is 1. The highest BCUT2D eigenvalue weighted by molar-refractivity contribution is 7.88. The standard InChI is InChI=1S/C23H25F3N2O3S/c1-32(30,31)27-14-5-4-11-28(12-10-14)23(29)17-13-16(17)21-15(6-2-7-18(21)24)22-19(25)8-3-9-20(22)26/h2-3,6-9,14,16-17,27H,4-5,10-13H2,1H3. The van der Waals surface area contributed by atoms with Gasteiger partial charge in [0.2, 0.25) is 15.9 Å². The van der Waals surface area contributed by atoms with Crippen LogP contribution in [-0.2, 0) is 14.8 Å². The van der Waals surface area contributed by atoms with Crippen LogP contribution in [0.1, 0.15) is 37.2 Å². The van der Waals surface area contributed by atoms with E-state index in [0.29, 0.717) is 38.8 Å². The summed E-state index contributed by atoms with van der Waals surface area (Å²) < 4.78 is 69.2. The second-order valence-electron chi connectivity index (χ2n) is 8.59. The van der Waals surface area contributed by atoms with Crippen LogP contribution in [0.25, 0.3) is 11.1 Å². The van der Waals surface area contributed by atoms with Crippen molar-refractivity contribution in [2.24, 2.45) is 5.92 Å². The molecule has 2 aromatic rings. The van der Waals surface area contributed by atoms with Crippen molar-refractivity contribution in [2.45, 2.75) is 37.6 Å². The molecule has 3 unspecified atom stereocenters. The molecule has 172 valence electrons. The molecule has 0 aromatic heterocycles. The van der Waals surface area contributed by atoms with Gasteiger partial charge in [0.05, 0.1) is 11.8 Å². The molecule has 1 N–H and O–H groups in total. The van der Waals surface area contributed by atoms with Crippen molar-refractivity contribution in [3.05, 3.63) is 59.4 Å². The second kappa shape index (κ2) is 8.86. The third kappa shape index (κ3) is 4.83. The first-order valence-corrected chi connectivity index (χ1v) is 12.5. The first kappa shape index (κ1) is 22.8. The number of nitrogens with one attached hydrogen (secondary N) is 1. The van der Waals surface area contributed by atoms with Crippen LogP contribution < -0.4 is 4.72 Å². The van der Waals surface area contributed by atoms with Crippen LogP contribution >= 0.6 is 0 Å². The van der Waals surface area contributed by atoms with E-state index in [-0.39, 0.29) is 28.6 Å². The number of hydrogen-bond acceptors (Lipinski definition) is 3. The fraction of sp³-hybridized carbons (Fsp3) is 0.435. The lowest BCUT2D eigenvalue weighted by molar-refractivity contribution is -0.132. The summed E-state index contributed by atoms with van der Waals surface area (Å²) in [6.45, 7) is 0.900. The van der Waals surface area contributed by atoms with Crippen molar-refractivity contribution in [3.63, 3.8) is 0 Å². The summed E-state index contributed by atoms with van der Waals surface area (Å²) in [5.74, 6) is -3.18. The molecular formula is C23H25F3N2O3S. The van der Waals surface area contributed by atoms with Crippen LogP contribution in [0.4, 0.5) is 13.2 Å². The van der Waals surface area contributed by atoms with Gasteiger partial charge in [0.1, 0.15) is 17.5 Å². The highest BCUT2D eigenvalue weighted by Crippen LogP contribution is 2.52. The predicted octanol–water partition coefficient (Wildman–Crippen LogP) is 3.80. The van der Waals surface area contributed by atoms with E-state index >= 15 is 0 Å². The molecule has 1 amide bonds. The van der Waals surface area contributed by atoms with E-state index in [1.165, 1.54) is 24.3 Å². The van der Waals surface area contributed by atoms with Crippen molar-refractivity contribution in [2.75, 3.05) is 19.3 Å². The highest BCUT2D eigenvalue weighted by Gasteiger charge is 2.48. The lowest BCUT2D eigenvalue weighted by Crippen LogP contribution is -2.36. The molecule has 9 heteroatoms. The van der Waals surface area contributed by atoms with Gasteiger partial charge in [-0.25, -0.2) is 26.3 Å². The molecule has 1 saturated heterocycles. The third-order valence-electron chi connectivity index (χ3n) is 6.18. The maximum absolute atomic E-state index is 14.8. The number of nitrogens with zero attached hydrogens (tertiary/aromatic N) is 1. The zero-order valence-corrected chi connectivity index (χ0v) is 18.5. The molecule has 2 aromatic carbocycles. The normalized spacial score (nSPS) is 23.6. The van der Waals surface area contributed by atoms with Crippen molar-refractivity contribution >= 4 is 15.9 Å². The molecule has 2 aliphatic rings. The summed E-state index contributed by atoms with van der Waals surface area (Å²) in [5, 5.41) is 0. The van der Waals surface area contributed by atoms with Gasteiger partial charge < -0.3 is 4.90 Å². The molecule has 5 nitrogen and oxygen atoms in total. The largest absolute Gasteiger partial charge is 0.342 e. The summed E-state index contributed by atoms with van der Waals surface area (Å²) >= 11 is 0. The molecule has 1 heterocycles. The van der Waals surface area contributed by atoms with E-state index in [0.717, 1.165) is 18.4 Å². The van der Waals surface area contributed by atoms with Crippen molar-refractivity contribution < 1.29 is 26.4 Å². The third-order valence-corrected chi connectivity index (χ3v) is 6.95. The highest BCUT2D eigenvalue weighted by atomic mass is 32.2. The topological polar surface area (TPSA) is 66.5 Å². The van der Waals surface area contributed by atoms with Gasteiger partial charge >= 0.3 is 0 Å². The molecule has 32 heavy (non-hydrogen) atoms. The molecule has 1 aliphatic carbocycles. The molecule has 1 saturated carbocycles. The zero-order chi connectivity index (χ0) is 23.0. The summed E-state index contributed by atoms with van der Waals surface area (Å²) in [4.78, 5) is 14.8. The van der Waals surface area contributed by atoms with E-state index in [1.54, 1.807) is 4.90 Å². The van der Waals surface area contributed by atoms with Gasteiger partial charge in [-0.2, -0.15) is 0 Å². The minimum Gasteiger partial charge on any atom is -0.342 e. The minimum atomic E-state index is -3.33. The van der Waals surface area contributed by atoms with Crippen LogP contribution in [0, 0.1) is 23.4 Å². The Morgan fingerprint density at radius 1 is 1.00 bits per heavy atom. The number of likely N-dealkylation sites (tertiary alicyclic amines) is 1. The molecule has 4 rings (SSSR count). The summed E-state index contributed by atoms with van der Waals surface area (Å²) in [6.07, 6.45) is 3.31. The Morgan fingerprint density at radius 2 is 1.66 bits per heavy atom. The monoisotopic (exact) mass is 466 g/mol. The minimum absolute atomic E-state index is 0.127. The quantitative estimate of drug-likeness (QED) is 0.729. The van der Waals surface area contributed by atoms with E-state index in [9.17, 15) is 26.4 Å². The Balaban J connectivity index is 1.52. The van der Waals surface area contributed by atoms with Crippen LogP contribution in [0.5, 0.6) is 0 Å². The van der Waals surface area contributed by atoms with Crippen LogP contribution in [0.3, 0.4) is 0 Å². The Labute approximate surface area is 185 Å². The average molecular weight is 467 g/mol. The smallest absolute Gasteiger partial charge is 0.226 e. The molecule has 1 aliphatic heterocycles. The number of halogens is 3. The number of carbonyl (C=O) groups excluding carboxylic acids is 1. The van der Waals surface area contributed by atoms with E-state index in [2.05, 4.69) is 4.72 Å². The second-order valence-corrected chi connectivity index (χ2v) is 10.4. The van der Waals surface area contributed by atoms with Gasteiger partial charge in [0, 0.05) is 25.0 Å². The number of rotatable bonds is 5. The molecular weight excluding hydrogens is 441 g/mol. The number of hydrogen-bond donors (Lipinski definition) is 1. The van der Waals surface area contributed by atoms with E-state index < -0.39 is 39.3 Å². The Morgan fingerprint density at radius 3 is 2.34 bits per heavy atom. The van der Waals surface area contributed by atoms with Crippen molar-refractivity contribution in [1.29, 1.82) is 0 Å². The fourth-order valence-electron chi connectivity index (χ4n) is 4.65. The first-order valence-electron chi connectivity index (χ1n) is 10.6. The molecule has 0 radical (unpaired) electrons. The van der Waals surface area contributed by atoms with Gasteiger partial charge in [0.25, 0.3) is 0 Å². The van der Waals surface area contributed by atoms with Gasteiger partial charge in [-0.05, 0) is 60.9 Å². The van der Waals surface area contributed by atoms with Gasteiger partial charge in [-0.15, -0.1) is 0 Å². The summed E-state index contributed by atoms with van der Waals surface area (Å²) in [7, 11) is -3.33. The van der Waals surface area contributed by atoms with Crippen LogP contribution in [0.2, 0.25) is 0 Å². The maximum atomic E-state index is 14.8. The van der Waals surface area contributed by atoms with Crippen LogP contribution in [0.15, 0.2) is 36.4 Å². The molecule has 0 spiro atoms. The SMILES string of the molecule is CS(=O)(=O)NC1CCCN(C(=O)C2CC2c2c(F)cccc2-c2c(F)cccc2F)CC1. The number of amides is 1. The Hall–Kier alpha value is -2.39. The number of benzene rings is 2. The predicted molar refractivity (Wildman–Crippen MR) is 115 cm³/mol. The van der Waals surface area contributed by atoms with E-state index in [1.807, 2.05) is 0 Å². The molecule has 0 bridgehead atoms. The van der Waals surface area contributed by atoms with Gasteiger partial charge in [-0.1, -0.05) is 18.2 Å². The van der Waals surface area contributed by atoms with Gasteiger partial charge in [-0.3, -0.25) is 4.79 Å². The summed E-state index contributed by atoms with van der Waals surface area (Å²) in [6, 6.07) is 7.41.